The molecule has 0 spiro atoms. The third-order valence-corrected chi connectivity index (χ3v) is 4.30. The first-order valence-electron chi connectivity index (χ1n) is 6.82. The van der Waals surface area contributed by atoms with Crippen molar-refractivity contribution in [3.8, 4) is 11.6 Å². The standard InChI is InChI=1S/C16H15IN2O2/c1-9(2)7-11-14(17)16(20)19-15(18-11)13-8-10-5-3-4-6-12(10)21-13/h3-6,8-9H,7H2,1-2H3,(H,18,19,20). The number of nitrogens with zero attached hydrogens (tertiary/aromatic N) is 1. The molecule has 0 bridgehead atoms. The highest BCUT2D eigenvalue weighted by atomic mass is 127. The van der Waals surface area contributed by atoms with E-state index in [9.17, 15) is 4.79 Å². The topological polar surface area (TPSA) is 58.9 Å². The number of benzene rings is 1. The number of nitrogens with one attached hydrogen (secondary N) is 1. The first kappa shape index (κ1) is 14.3. The van der Waals surface area contributed by atoms with Crippen molar-refractivity contribution < 1.29 is 4.42 Å². The molecule has 0 saturated heterocycles. The summed E-state index contributed by atoms with van der Waals surface area (Å²) in [7, 11) is 0. The molecule has 1 N–H and O–H groups in total. The normalized spacial score (nSPS) is 11.4. The third-order valence-electron chi connectivity index (χ3n) is 3.19. The molecule has 4 nitrogen and oxygen atoms in total. The number of aromatic amines is 1. The van der Waals surface area contributed by atoms with Crippen LogP contribution >= 0.6 is 22.6 Å². The maximum absolute atomic E-state index is 12.1. The van der Waals surface area contributed by atoms with Crippen LogP contribution < -0.4 is 5.56 Å². The van der Waals surface area contributed by atoms with E-state index in [1.54, 1.807) is 0 Å². The van der Waals surface area contributed by atoms with Gasteiger partial charge in [-0.1, -0.05) is 32.0 Å². The lowest BCUT2D eigenvalue weighted by Crippen LogP contribution is -2.17. The van der Waals surface area contributed by atoms with Crippen LogP contribution in [0.4, 0.5) is 0 Å². The van der Waals surface area contributed by atoms with Gasteiger partial charge in [-0.05, 0) is 47.1 Å². The van der Waals surface area contributed by atoms with Gasteiger partial charge >= 0.3 is 0 Å². The molecule has 0 atom stereocenters. The largest absolute Gasteiger partial charge is 0.453 e. The molecule has 0 aliphatic rings. The molecule has 5 heteroatoms. The fourth-order valence-electron chi connectivity index (χ4n) is 2.24. The maximum Gasteiger partial charge on any atom is 0.264 e. The summed E-state index contributed by atoms with van der Waals surface area (Å²) < 4.78 is 6.43. The monoisotopic (exact) mass is 394 g/mol. The molecule has 3 rings (SSSR count). The Labute approximate surface area is 135 Å². The zero-order valence-corrected chi connectivity index (χ0v) is 14.0. The molecular formula is C16H15IN2O2. The number of hydrogen-bond acceptors (Lipinski definition) is 3. The Morgan fingerprint density at radius 1 is 1.33 bits per heavy atom. The van der Waals surface area contributed by atoms with Crippen LogP contribution in [0, 0.1) is 9.49 Å². The summed E-state index contributed by atoms with van der Waals surface area (Å²) in [5.41, 5.74) is 1.50. The van der Waals surface area contributed by atoms with E-state index >= 15 is 0 Å². The second kappa shape index (κ2) is 5.63. The molecule has 0 aliphatic carbocycles. The summed E-state index contributed by atoms with van der Waals surface area (Å²) >= 11 is 2.05. The van der Waals surface area contributed by atoms with E-state index in [1.807, 2.05) is 30.3 Å². The van der Waals surface area contributed by atoms with Crippen molar-refractivity contribution in [2.45, 2.75) is 20.3 Å². The molecule has 2 aromatic heterocycles. The van der Waals surface area contributed by atoms with Gasteiger partial charge in [0.05, 0.1) is 9.26 Å². The minimum Gasteiger partial charge on any atom is -0.453 e. The van der Waals surface area contributed by atoms with Crippen LogP contribution in [0.1, 0.15) is 19.5 Å². The van der Waals surface area contributed by atoms with E-state index in [4.69, 9.17) is 4.42 Å². The Morgan fingerprint density at radius 3 is 2.81 bits per heavy atom. The molecule has 21 heavy (non-hydrogen) atoms. The summed E-state index contributed by atoms with van der Waals surface area (Å²) in [5.74, 6) is 1.53. The average molecular weight is 394 g/mol. The number of aromatic nitrogens is 2. The minimum absolute atomic E-state index is 0.114. The van der Waals surface area contributed by atoms with Gasteiger partial charge < -0.3 is 9.40 Å². The highest BCUT2D eigenvalue weighted by Gasteiger charge is 2.14. The summed E-state index contributed by atoms with van der Waals surface area (Å²) in [4.78, 5) is 19.5. The Kier molecular flexibility index (Phi) is 3.84. The molecule has 3 aromatic rings. The fraction of sp³-hybridized carbons (Fsp3) is 0.250. The first-order valence-corrected chi connectivity index (χ1v) is 7.90. The Bertz CT molecular complexity index is 816. The van der Waals surface area contributed by atoms with Crippen LogP contribution in [0.5, 0.6) is 0 Å². The van der Waals surface area contributed by atoms with Crippen molar-refractivity contribution in [2.24, 2.45) is 5.92 Å². The summed E-state index contributed by atoms with van der Waals surface area (Å²) in [6.07, 6.45) is 0.773. The molecular weight excluding hydrogens is 379 g/mol. The highest BCUT2D eigenvalue weighted by molar-refractivity contribution is 14.1. The van der Waals surface area contributed by atoms with Gasteiger partial charge in [0.25, 0.3) is 5.56 Å². The SMILES string of the molecule is CC(C)Cc1nc(-c2cc3ccccc3o2)[nH]c(=O)c1I. The van der Waals surface area contributed by atoms with E-state index in [1.165, 1.54) is 0 Å². The van der Waals surface area contributed by atoms with Crippen molar-refractivity contribution in [3.63, 3.8) is 0 Å². The van der Waals surface area contributed by atoms with Gasteiger partial charge in [0, 0.05) is 5.39 Å². The van der Waals surface area contributed by atoms with Crippen LogP contribution in [0.25, 0.3) is 22.6 Å². The number of rotatable bonds is 3. The molecule has 0 fully saturated rings. The molecule has 0 radical (unpaired) electrons. The van der Waals surface area contributed by atoms with Crippen LogP contribution in [0.15, 0.2) is 39.5 Å². The van der Waals surface area contributed by atoms with E-state index < -0.39 is 0 Å². The predicted molar refractivity (Wildman–Crippen MR) is 91.3 cm³/mol. The van der Waals surface area contributed by atoms with Gasteiger partial charge in [-0.3, -0.25) is 4.79 Å². The lowest BCUT2D eigenvalue weighted by Gasteiger charge is -2.07. The molecule has 1 aromatic carbocycles. The second-order valence-electron chi connectivity index (χ2n) is 5.42. The summed E-state index contributed by atoms with van der Waals surface area (Å²) in [6.45, 7) is 4.22. The van der Waals surface area contributed by atoms with Crippen LogP contribution in [0.3, 0.4) is 0 Å². The number of H-pyrrole nitrogens is 1. The third kappa shape index (κ3) is 2.88. The Hall–Kier alpha value is -1.63. The van der Waals surface area contributed by atoms with Crippen molar-refractivity contribution in [2.75, 3.05) is 0 Å². The zero-order valence-electron chi connectivity index (χ0n) is 11.8. The van der Waals surface area contributed by atoms with Gasteiger partial charge in [0.1, 0.15) is 5.58 Å². The zero-order chi connectivity index (χ0) is 15.0. The Balaban J connectivity index is 2.13. The number of para-hydroxylation sites is 1. The first-order chi connectivity index (χ1) is 10.0. The molecule has 0 aliphatic heterocycles. The Morgan fingerprint density at radius 2 is 2.10 bits per heavy atom. The maximum atomic E-state index is 12.1. The average Bonchev–Trinajstić information content (AvgIpc) is 2.87. The molecule has 0 amide bonds. The van der Waals surface area contributed by atoms with Gasteiger partial charge in [0.15, 0.2) is 11.6 Å². The molecule has 0 unspecified atom stereocenters. The van der Waals surface area contributed by atoms with Gasteiger partial charge in [-0.2, -0.15) is 0 Å². The van der Waals surface area contributed by atoms with E-state index in [0.29, 0.717) is 21.1 Å². The molecule has 0 saturated carbocycles. The van der Waals surface area contributed by atoms with Crippen molar-refractivity contribution in [1.82, 2.24) is 9.97 Å². The minimum atomic E-state index is -0.114. The van der Waals surface area contributed by atoms with Gasteiger partial charge in [-0.25, -0.2) is 4.98 Å². The van der Waals surface area contributed by atoms with Crippen molar-refractivity contribution in [3.05, 3.63) is 49.9 Å². The quantitative estimate of drug-likeness (QED) is 0.684. The smallest absolute Gasteiger partial charge is 0.264 e. The van der Waals surface area contributed by atoms with E-state index in [0.717, 1.165) is 23.1 Å². The fourth-order valence-corrected chi connectivity index (χ4v) is 2.72. The predicted octanol–water partition coefficient (Wildman–Crippen LogP) is 3.99. The second-order valence-corrected chi connectivity index (χ2v) is 6.50. The summed E-state index contributed by atoms with van der Waals surface area (Å²) in [5, 5.41) is 0.999. The number of halogens is 1. The highest BCUT2D eigenvalue weighted by Crippen LogP contribution is 2.25. The summed E-state index contributed by atoms with van der Waals surface area (Å²) in [6, 6.07) is 9.65. The lowest BCUT2D eigenvalue weighted by molar-refractivity contribution is 0.613. The van der Waals surface area contributed by atoms with Crippen LogP contribution in [0.2, 0.25) is 0 Å². The van der Waals surface area contributed by atoms with Crippen LogP contribution in [-0.4, -0.2) is 9.97 Å². The number of hydrogen-bond donors (Lipinski definition) is 1. The lowest BCUT2D eigenvalue weighted by atomic mass is 10.1. The van der Waals surface area contributed by atoms with Crippen LogP contribution in [-0.2, 0) is 6.42 Å². The van der Waals surface area contributed by atoms with Gasteiger partial charge in [-0.15, -0.1) is 0 Å². The van der Waals surface area contributed by atoms with Gasteiger partial charge in [0.2, 0.25) is 0 Å². The van der Waals surface area contributed by atoms with Crippen molar-refractivity contribution in [1.29, 1.82) is 0 Å². The number of furan rings is 1. The van der Waals surface area contributed by atoms with E-state index in [2.05, 4.69) is 46.4 Å². The molecule has 2 heterocycles. The molecule has 108 valence electrons. The van der Waals surface area contributed by atoms with E-state index in [-0.39, 0.29) is 5.56 Å². The van der Waals surface area contributed by atoms with Crippen molar-refractivity contribution >= 4 is 33.6 Å². The number of fused-ring (bicyclic) bond motifs is 1.